The van der Waals surface area contributed by atoms with Crippen LogP contribution in [-0.2, 0) is 0 Å². The van der Waals surface area contributed by atoms with E-state index in [0.29, 0.717) is 5.75 Å². The maximum Gasteiger partial charge on any atom is 0.314 e. The van der Waals surface area contributed by atoms with Crippen molar-refractivity contribution in [3.8, 4) is 5.75 Å². The molecule has 0 spiro atoms. The summed E-state index contributed by atoms with van der Waals surface area (Å²) in [6.45, 7) is 0.276. The van der Waals surface area contributed by atoms with Crippen molar-refractivity contribution in [2.45, 2.75) is 19.3 Å². The van der Waals surface area contributed by atoms with Crippen molar-refractivity contribution in [1.82, 2.24) is 0 Å². The smallest absolute Gasteiger partial charge is 0.314 e. The lowest BCUT2D eigenvalue weighted by Crippen LogP contribution is -2.37. The zero-order valence-electron chi connectivity index (χ0n) is 9.76. The van der Waals surface area contributed by atoms with E-state index in [1.165, 1.54) is 12.1 Å². The lowest BCUT2D eigenvalue weighted by Gasteiger charge is -2.40. The molecule has 1 aliphatic carbocycles. The summed E-state index contributed by atoms with van der Waals surface area (Å²) >= 11 is 4.26. The predicted octanol–water partition coefficient (Wildman–Crippen LogP) is 3.21. The highest BCUT2D eigenvalue weighted by atomic mass is 32.1. The molecular formula is C12H14FNO3S. The molecule has 0 heterocycles. The third kappa shape index (κ3) is 2.43. The van der Waals surface area contributed by atoms with Crippen LogP contribution in [0, 0.1) is 21.3 Å². The molecule has 98 valence electrons. The number of benzene rings is 1. The van der Waals surface area contributed by atoms with Gasteiger partial charge in [0.25, 0.3) is 0 Å². The summed E-state index contributed by atoms with van der Waals surface area (Å²) in [4.78, 5) is 10.2. The molecule has 0 aromatic heterocycles. The van der Waals surface area contributed by atoms with Crippen molar-refractivity contribution in [1.29, 1.82) is 0 Å². The molecule has 0 N–H and O–H groups in total. The Kier molecular flexibility index (Phi) is 3.75. The summed E-state index contributed by atoms with van der Waals surface area (Å²) in [6.07, 6.45) is 3.04. The molecule has 0 radical (unpaired) electrons. The highest BCUT2D eigenvalue weighted by Gasteiger charge is 2.37. The van der Waals surface area contributed by atoms with E-state index in [4.69, 9.17) is 4.74 Å². The number of halogens is 1. The highest BCUT2D eigenvalue weighted by molar-refractivity contribution is 7.80. The van der Waals surface area contributed by atoms with Gasteiger partial charge in [-0.3, -0.25) is 10.1 Å². The van der Waals surface area contributed by atoms with Crippen LogP contribution < -0.4 is 4.74 Å². The van der Waals surface area contributed by atoms with Gasteiger partial charge in [-0.2, -0.15) is 12.6 Å². The molecule has 0 amide bonds. The van der Waals surface area contributed by atoms with E-state index in [1.807, 2.05) is 0 Å². The average Bonchev–Trinajstić information content (AvgIpc) is 2.29. The van der Waals surface area contributed by atoms with Gasteiger partial charge in [0.2, 0.25) is 5.75 Å². The lowest BCUT2D eigenvalue weighted by molar-refractivity contribution is -0.386. The molecule has 1 aromatic carbocycles. The Labute approximate surface area is 110 Å². The van der Waals surface area contributed by atoms with E-state index in [9.17, 15) is 14.5 Å². The summed E-state index contributed by atoms with van der Waals surface area (Å²) < 4.78 is 18.9. The number of ether oxygens (including phenoxy) is 1. The molecule has 1 aliphatic rings. The second-order valence-corrected chi connectivity index (χ2v) is 4.96. The molecule has 2 rings (SSSR count). The number of hydrogen-bond donors (Lipinski definition) is 1. The third-order valence-corrected chi connectivity index (χ3v) is 4.09. The first kappa shape index (κ1) is 13.1. The second-order valence-electron chi connectivity index (χ2n) is 4.65. The standard InChI is InChI=1S/C12H14FNO3S/c13-9-3-1-4-10(14(15)16)11(9)17-7-12(8-18)5-2-6-12/h1,3-4,18H,2,5-8H2. The zero-order valence-corrected chi connectivity index (χ0v) is 10.7. The van der Waals surface area contributed by atoms with Crippen LogP contribution in [0.3, 0.4) is 0 Å². The van der Waals surface area contributed by atoms with Gasteiger partial charge in [-0.05, 0) is 24.7 Å². The molecular weight excluding hydrogens is 257 g/mol. The van der Waals surface area contributed by atoms with Gasteiger partial charge in [0, 0.05) is 11.5 Å². The molecule has 0 aliphatic heterocycles. The predicted molar refractivity (Wildman–Crippen MR) is 68.7 cm³/mol. The highest BCUT2D eigenvalue weighted by Crippen LogP contribution is 2.43. The molecule has 0 atom stereocenters. The van der Waals surface area contributed by atoms with Gasteiger partial charge in [0.15, 0.2) is 5.82 Å². The fourth-order valence-corrected chi connectivity index (χ4v) is 2.44. The van der Waals surface area contributed by atoms with Crippen LogP contribution in [-0.4, -0.2) is 17.3 Å². The van der Waals surface area contributed by atoms with Crippen molar-refractivity contribution in [3.63, 3.8) is 0 Å². The monoisotopic (exact) mass is 271 g/mol. The Morgan fingerprint density at radius 3 is 2.72 bits per heavy atom. The average molecular weight is 271 g/mol. The molecule has 0 bridgehead atoms. The Bertz CT molecular complexity index is 457. The topological polar surface area (TPSA) is 52.4 Å². The van der Waals surface area contributed by atoms with Gasteiger partial charge in [-0.15, -0.1) is 0 Å². The molecule has 4 nitrogen and oxygen atoms in total. The van der Waals surface area contributed by atoms with Gasteiger partial charge < -0.3 is 4.74 Å². The van der Waals surface area contributed by atoms with E-state index in [0.717, 1.165) is 25.3 Å². The quantitative estimate of drug-likeness (QED) is 0.508. The maximum absolute atomic E-state index is 13.6. The molecule has 1 saturated carbocycles. The number of nitro benzene ring substituents is 1. The van der Waals surface area contributed by atoms with Crippen LogP contribution in [0.15, 0.2) is 18.2 Å². The Balaban J connectivity index is 2.15. The van der Waals surface area contributed by atoms with Gasteiger partial charge in [-0.1, -0.05) is 12.5 Å². The van der Waals surface area contributed by atoms with E-state index < -0.39 is 10.7 Å². The molecule has 6 heteroatoms. The van der Waals surface area contributed by atoms with Crippen molar-refractivity contribution < 1.29 is 14.1 Å². The first-order valence-corrected chi connectivity index (χ1v) is 6.38. The summed E-state index contributed by atoms with van der Waals surface area (Å²) in [5.74, 6) is -0.316. The lowest BCUT2D eigenvalue weighted by atomic mass is 9.71. The summed E-state index contributed by atoms with van der Waals surface area (Å²) in [6, 6.07) is 3.71. The van der Waals surface area contributed by atoms with Crippen LogP contribution in [0.1, 0.15) is 19.3 Å². The third-order valence-electron chi connectivity index (χ3n) is 3.42. The van der Waals surface area contributed by atoms with Crippen LogP contribution in [0.2, 0.25) is 0 Å². The summed E-state index contributed by atoms with van der Waals surface area (Å²) in [5.41, 5.74) is -0.386. The summed E-state index contributed by atoms with van der Waals surface area (Å²) in [5, 5.41) is 10.8. The largest absolute Gasteiger partial charge is 0.484 e. The van der Waals surface area contributed by atoms with E-state index in [-0.39, 0.29) is 23.5 Å². The Morgan fingerprint density at radius 1 is 1.50 bits per heavy atom. The molecule has 18 heavy (non-hydrogen) atoms. The number of nitro groups is 1. The van der Waals surface area contributed by atoms with Crippen LogP contribution >= 0.6 is 12.6 Å². The summed E-state index contributed by atoms with van der Waals surface area (Å²) in [7, 11) is 0. The number of rotatable bonds is 5. The van der Waals surface area contributed by atoms with Crippen molar-refractivity contribution >= 4 is 18.3 Å². The fraction of sp³-hybridized carbons (Fsp3) is 0.500. The first-order chi connectivity index (χ1) is 8.58. The minimum Gasteiger partial charge on any atom is -0.484 e. The molecule has 0 saturated heterocycles. The maximum atomic E-state index is 13.6. The molecule has 0 unspecified atom stereocenters. The normalized spacial score (nSPS) is 17.0. The minimum atomic E-state index is -0.696. The Hall–Kier alpha value is -1.30. The Morgan fingerprint density at radius 2 is 2.22 bits per heavy atom. The van der Waals surface area contributed by atoms with Crippen LogP contribution in [0.25, 0.3) is 0 Å². The fourth-order valence-electron chi connectivity index (χ4n) is 2.03. The SMILES string of the molecule is O=[N+]([O-])c1cccc(F)c1OCC1(CS)CCC1. The number of thiol groups is 1. The molecule has 1 fully saturated rings. The van der Waals surface area contributed by atoms with Gasteiger partial charge >= 0.3 is 5.69 Å². The van der Waals surface area contributed by atoms with Crippen LogP contribution in [0.5, 0.6) is 5.75 Å². The van der Waals surface area contributed by atoms with Crippen molar-refractivity contribution in [2.24, 2.45) is 5.41 Å². The van der Waals surface area contributed by atoms with E-state index in [1.54, 1.807) is 0 Å². The van der Waals surface area contributed by atoms with Crippen molar-refractivity contribution in [2.75, 3.05) is 12.4 Å². The number of hydrogen-bond acceptors (Lipinski definition) is 4. The minimum absolute atomic E-state index is 0.0563. The van der Waals surface area contributed by atoms with Gasteiger partial charge in [-0.25, -0.2) is 4.39 Å². The molecule has 1 aromatic rings. The zero-order chi connectivity index (χ0) is 13.2. The van der Waals surface area contributed by atoms with Gasteiger partial charge in [0.1, 0.15) is 0 Å². The second kappa shape index (κ2) is 5.14. The van der Waals surface area contributed by atoms with Gasteiger partial charge in [0.05, 0.1) is 11.5 Å². The number of para-hydroxylation sites is 1. The first-order valence-electron chi connectivity index (χ1n) is 5.74. The van der Waals surface area contributed by atoms with E-state index in [2.05, 4.69) is 12.6 Å². The van der Waals surface area contributed by atoms with E-state index >= 15 is 0 Å². The number of nitrogens with zero attached hydrogens (tertiary/aromatic N) is 1. The van der Waals surface area contributed by atoms with Crippen molar-refractivity contribution in [3.05, 3.63) is 34.1 Å². The van der Waals surface area contributed by atoms with Crippen LogP contribution in [0.4, 0.5) is 10.1 Å².